The molecule has 0 radical (unpaired) electrons. The Bertz CT molecular complexity index is 622. The summed E-state index contributed by atoms with van der Waals surface area (Å²) in [6.07, 6.45) is 1.05. The number of benzene rings is 1. The molecular formula is C16H18O4S. The summed E-state index contributed by atoms with van der Waals surface area (Å²) in [5, 5.41) is 0. The Labute approximate surface area is 126 Å². The molecule has 2 aliphatic carbocycles. The van der Waals surface area contributed by atoms with Crippen LogP contribution in [0.4, 0.5) is 0 Å². The van der Waals surface area contributed by atoms with Crippen molar-refractivity contribution in [1.82, 2.24) is 0 Å². The summed E-state index contributed by atoms with van der Waals surface area (Å²) in [5.41, 5.74) is 1.07. The summed E-state index contributed by atoms with van der Waals surface area (Å²) in [6, 6.07) is 7.31. The third-order valence-electron chi connectivity index (χ3n) is 4.51. The molecule has 1 aromatic rings. The Hall–Kier alpha value is -1.49. The largest absolute Gasteiger partial charge is 0.466 e. The first-order valence-electron chi connectivity index (χ1n) is 7.22. The molecule has 0 saturated heterocycles. The van der Waals surface area contributed by atoms with Gasteiger partial charge < -0.3 is 4.74 Å². The molecule has 0 aromatic heterocycles. The van der Waals surface area contributed by atoms with Gasteiger partial charge in [0.15, 0.2) is 5.78 Å². The van der Waals surface area contributed by atoms with E-state index in [-0.39, 0.29) is 24.3 Å². The molecule has 0 bridgehead atoms. The van der Waals surface area contributed by atoms with Crippen molar-refractivity contribution in [2.75, 3.05) is 6.61 Å². The topological polar surface area (TPSA) is 60.4 Å². The van der Waals surface area contributed by atoms with Gasteiger partial charge in [0.2, 0.25) is 0 Å². The van der Waals surface area contributed by atoms with Gasteiger partial charge in [0.25, 0.3) is 0 Å². The minimum absolute atomic E-state index is 0.0514. The van der Waals surface area contributed by atoms with Gasteiger partial charge in [-0.25, -0.2) is 0 Å². The van der Waals surface area contributed by atoms with Crippen LogP contribution in [0.5, 0.6) is 0 Å². The maximum Gasteiger partial charge on any atom is 0.311 e. The van der Waals surface area contributed by atoms with E-state index in [1.165, 1.54) is 0 Å². The van der Waals surface area contributed by atoms with Gasteiger partial charge in [-0.3, -0.25) is 13.8 Å². The lowest BCUT2D eigenvalue weighted by molar-refractivity contribution is -0.146. The quantitative estimate of drug-likeness (QED) is 0.798. The summed E-state index contributed by atoms with van der Waals surface area (Å²) in [6.45, 7) is 3.97. The monoisotopic (exact) mass is 306 g/mol. The summed E-state index contributed by atoms with van der Waals surface area (Å²) in [5.74, 6) is -1.08. The highest BCUT2D eigenvalue weighted by Gasteiger charge is 2.79. The molecule has 2 saturated carbocycles. The third-order valence-corrected chi connectivity index (χ3v) is 6.60. The Morgan fingerprint density at radius 2 is 2.05 bits per heavy atom. The first-order chi connectivity index (χ1) is 10.0. The number of hydrogen-bond acceptors (Lipinski definition) is 4. The van der Waals surface area contributed by atoms with Gasteiger partial charge in [-0.05, 0) is 38.3 Å². The van der Waals surface area contributed by atoms with E-state index in [2.05, 4.69) is 0 Å². The Morgan fingerprint density at radius 1 is 1.38 bits per heavy atom. The molecule has 1 unspecified atom stereocenters. The second-order valence-corrected chi connectivity index (χ2v) is 7.36. The van der Waals surface area contributed by atoms with Gasteiger partial charge in [-0.2, -0.15) is 0 Å². The molecule has 4 nitrogen and oxygen atoms in total. The van der Waals surface area contributed by atoms with E-state index in [9.17, 15) is 13.8 Å². The van der Waals surface area contributed by atoms with Crippen molar-refractivity contribution >= 4 is 22.6 Å². The molecule has 112 valence electrons. The van der Waals surface area contributed by atoms with Crippen LogP contribution in [-0.4, -0.2) is 27.3 Å². The Kier molecular flexibility index (Phi) is 3.48. The highest BCUT2D eigenvalue weighted by molar-refractivity contribution is 7.87. The molecular weight excluding hydrogens is 288 g/mol. The maximum atomic E-state index is 12.9. The molecule has 4 atom stereocenters. The molecule has 0 spiro atoms. The van der Waals surface area contributed by atoms with Crippen molar-refractivity contribution in [3.8, 4) is 0 Å². The van der Waals surface area contributed by atoms with E-state index in [1.54, 1.807) is 19.1 Å². The summed E-state index contributed by atoms with van der Waals surface area (Å²) < 4.78 is 17.0. The third kappa shape index (κ3) is 1.98. The first-order valence-corrected chi connectivity index (χ1v) is 8.37. The number of ketones is 1. The van der Waals surface area contributed by atoms with Crippen LogP contribution >= 0.6 is 0 Å². The zero-order valence-electron chi connectivity index (χ0n) is 12.1. The number of esters is 1. The van der Waals surface area contributed by atoms with E-state index in [4.69, 9.17) is 4.74 Å². The number of ether oxygens (including phenoxy) is 1. The lowest BCUT2D eigenvalue weighted by Crippen LogP contribution is -2.32. The molecule has 1 aromatic carbocycles. The highest BCUT2D eigenvalue weighted by atomic mass is 32.2. The number of aryl methyl sites for hydroxylation is 1. The lowest BCUT2D eigenvalue weighted by Gasteiger charge is -2.13. The molecule has 21 heavy (non-hydrogen) atoms. The summed E-state index contributed by atoms with van der Waals surface area (Å²) in [4.78, 5) is 25.0. The fraction of sp³-hybridized carbons (Fsp3) is 0.500. The van der Waals surface area contributed by atoms with Crippen LogP contribution in [0, 0.1) is 18.8 Å². The predicted molar refractivity (Wildman–Crippen MR) is 78.2 cm³/mol. The predicted octanol–water partition coefficient (Wildman–Crippen LogP) is 2.01. The molecule has 3 rings (SSSR count). The molecule has 0 heterocycles. The van der Waals surface area contributed by atoms with E-state index in [0.717, 1.165) is 5.56 Å². The van der Waals surface area contributed by atoms with Gasteiger partial charge in [-0.15, -0.1) is 0 Å². The second kappa shape index (κ2) is 5.05. The summed E-state index contributed by atoms with van der Waals surface area (Å²) >= 11 is 0. The van der Waals surface area contributed by atoms with Gasteiger partial charge in [0, 0.05) is 11.3 Å². The number of carbonyl (C=O) groups is 2. The molecule has 0 aliphatic heterocycles. The van der Waals surface area contributed by atoms with Crippen LogP contribution in [-0.2, 0) is 25.1 Å². The molecule has 2 aliphatic rings. The average molecular weight is 306 g/mol. The van der Waals surface area contributed by atoms with E-state index >= 15 is 0 Å². The Morgan fingerprint density at radius 3 is 2.67 bits per heavy atom. The molecule has 5 heteroatoms. The average Bonchev–Trinajstić information content (AvgIpc) is 3.04. The molecule has 0 N–H and O–H groups in total. The Balaban J connectivity index is 1.94. The summed E-state index contributed by atoms with van der Waals surface area (Å²) in [7, 11) is -1.49. The fourth-order valence-corrected chi connectivity index (χ4v) is 5.50. The first kappa shape index (κ1) is 14.4. The lowest BCUT2D eigenvalue weighted by atomic mass is 10.1. The van der Waals surface area contributed by atoms with Crippen molar-refractivity contribution in [3.63, 3.8) is 0 Å². The van der Waals surface area contributed by atoms with E-state index < -0.39 is 21.5 Å². The minimum atomic E-state index is -1.49. The van der Waals surface area contributed by atoms with Crippen LogP contribution in [0.1, 0.15) is 25.3 Å². The maximum absolute atomic E-state index is 12.9. The van der Waals surface area contributed by atoms with Gasteiger partial charge in [0.1, 0.15) is 4.75 Å². The number of fused-ring (bicyclic) bond motifs is 1. The molecule has 2 fully saturated rings. The van der Waals surface area contributed by atoms with Crippen molar-refractivity contribution in [1.29, 1.82) is 0 Å². The fourth-order valence-electron chi connectivity index (χ4n) is 3.46. The molecule has 0 amide bonds. The van der Waals surface area contributed by atoms with Crippen molar-refractivity contribution in [2.45, 2.75) is 36.3 Å². The van der Waals surface area contributed by atoms with Gasteiger partial charge >= 0.3 is 5.97 Å². The second-order valence-electron chi connectivity index (χ2n) is 5.67. The van der Waals surface area contributed by atoms with Crippen LogP contribution in [0.25, 0.3) is 0 Å². The number of rotatable bonds is 4. The van der Waals surface area contributed by atoms with Gasteiger partial charge in [0.05, 0.1) is 23.3 Å². The zero-order valence-corrected chi connectivity index (χ0v) is 12.9. The van der Waals surface area contributed by atoms with Crippen LogP contribution in [0.15, 0.2) is 29.2 Å². The van der Waals surface area contributed by atoms with E-state index in [0.29, 0.717) is 17.7 Å². The number of Topliss-reactive ketones (excluding diaryl/α,β-unsaturated/α-hetero) is 1. The normalized spacial score (nSPS) is 31.6. The minimum Gasteiger partial charge on any atom is -0.466 e. The highest BCUT2D eigenvalue weighted by Crippen LogP contribution is 2.64. The number of carbonyl (C=O) groups excluding carboxylic acids is 2. The van der Waals surface area contributed by atoms with Crippen LogP contribution < -0.4 is 0 Å². The van der Waals surface area contributed by atoms with Crippen molar-refractivity contribution < 1.29 is 18.5 Å². The van der Waals surface area contributed by atoms with Crippen LogP contribution in [0.2, 0.25) is 0 Å². The van der Waals surface area contributed by atoms with Gasteiger partial charge in [-0.1, -0.05) is 17.7 Å². The smallest absolute Gasteiger partial charge is 0.311 e. The SMILES string of the molecule is CCOC(=O)[C@H]1[C@@H]2CCC(=O)[C@@]21S(=O)c1ccc(C)cc1. The van der Waals surface area contributed by atoms with Crippen molar-refractivity contribution in [3.05, 3.63) is 29.8 Å². The van der Waals surface area contributed by atoms with Crippen molar-refractivity contribution in [2.24, 2.45) is 11.8 Å². The zero-order chi connectivity index (χ0) is 15.2. The number of hydrogen-bond donors (Lipinski definition) is 0. The van der Waals surface area contributed by atoms with Crippen LogP contribution in [0.3, 0.4) is 0 Å². The standard InChI is InChI=1S/C16H18O4S/c1-3-20-15(18)14-12-8-9-13(17)16(12,14)21(19)11-6-4-10(2)5-7-11/h4-7,12,14H,3,8-9H2,1-2H3/t12-,14+,16-,21?/m0/s1. The van der Waals surface area contributed by atoms with E-state index in [1.807, 2.05) is 19.1 Å².